The minimum Gasteiger partial charge on any atom is -0.456 e. The summed E-state index contributed by atoms with van der Waals surface area (Å²) in [6.45, 7) is 0. The molecule has 0 spiro atoms. The molecule has 0 radical (unpaired) electrons. The fraction of sp³-hybridized carbons (Fsp3) is 0. The van der Waals surface area contributed by atoms with Crippen molar-refractivity contribution >= 4 is 0 Å². The van der Waals surface area contributed by atoms with Crippen molar-refractivity contribution in [2.45, 2.75) is 0 Å². The van der Waals surface area contributed by atoms with Crippen LogP contribution in [-0.2, 0) is 0 Å². The number of hydrogen-bond acceptors (Lipinski definition) is 3. The van der Waals surface area contributed by atoms with E-state index in [1.165, 1.54) is 24.4 Å². The number of hydrogen-bond donors (Lipinski definition) is 0. The van der Waals surface area contributed by atoms with Crippen LogP contribution in [0.3, 0.4) is 0 Å². The molecule has 3 nitrogen and oxygen atoms in total. The van der Waals surface area contributed by atoms with Crippen LogP contribution in [0, 0.1) is 23.0 Å². The summed E-state index contributed by atoms with van der Waals surface area (Å²) in [5, 5.41) is 8.54. The summed E-state index contributed by atoms with van der Waals surface area (Å²) < 4.78 is 30.8. The van der Waals surface area contributed by atoms with Crippen LogP contribution < -0.4 is 4.74 Å². The van der Waals surface area contributed by atoms with Gasteiger partial charge in [0, 0.05) is 6.07 Å². The quantitative estimate of drug-likeness (QED) is 0.799. The number of benzene rings is 1. The zero-order valence-corrected chi connectivity index (χ0v) is 8.52. The number of nitriles is 1. The van der Waals surface area contributed by atoms with Crippen LogP contribution in [0.5, 0.6) is 11.5 Å². The molecule has 1 aromatic carbocycles. The molecule has 17 heavy (non-hydrogen) atoms. The van der Waals surface area contributed by atoms with Gasteiger partial charge in [-0.2, -0.15) is 5.26 Å². The summed E-state index contributed by atoms with van der Waals surface area (Å²) in [6.07, 6.45) is 1.33. The Hall–Kier alpha value is -2.48. The third-order valence-electron chi connectivity index (χ3n) is 1.98. The molecule has 2 rings (SSSR count). The molecule has 0 unspecified atom stereocenters. The Bertz CT molecular complexity index is 576. The number of rotatable bonds is 2. The second kappa shape index (κ2) is 4.58. The minimum atomic E-state index is -0.982. The first kappa shape index (κ1) is 11.0. The Balaban J connectivity index is 2.20. The molecular formula is C12H6F2N2O. The Morgan fingerprint density at radius 3 is 2.41 bits per heavy atom. The highest BCUT2D eigenvalue weighted by Gasteiger charge is 2.04. The number of nitrogens with zero attached hydrogens (tertiary/aromatic N) is 2. The van der Waals surface area contributed by atoms with Gasteiger partial charge in [0.15, 0.2) is 11.6 Å². The van der Waals surface area contributed by atoms with Crippen molar-refractivity contribution in [3.8, 4) is 17.6 Å². The van der Waals surface area contributed by atoms with Crippen molar-refractivity contribution in [3.63, 3.8) is 0 Å². The van der Waals surface area contributed by atoms with Gasteiger partial charge in [-0.1, -0.05) is 0 Å². The number of pyridine rings is 1. The van der Waals surface area contributed by atoms with E-state index in [1.54, 1.807) is 0 Å². The van der Waals surface area contributed by atoms with Gasteiger partial charge in [-0.05, 0) is 24.3 Å². The predicted molar refractivity (Wildman–Crippen MR) is 55.4 cm³/mol. The highest BCUT2D eigenvalue weighted by Crippen LogP contribution is 2.22. The largest absolute Gasteiger partial charge is 0.456 e. The molecule has 1 aromatic heterocycles. The fourth-order valence-electron chi connectivity index (χ4n) is 1.18. The Morgan fingerprint density at radius 2 is 1.82 bits per heavy atom. The van der Waals surface area contributed by atoms with E-state index in [1.807, 2.05) is 6.07 Å². The summed E-state index contributed by atoms with van der Waals surface area (Å²) in [4.78, 5) is 3.78. The van der Waals surface area contributed by atoms with Gasteiger partial charge in [0.1, 0.15) is 23.3 Å². The third-order valence-corrected chi connectivity index (χ3v) is 1.98. The molecule has 0 saturated heterocycles. The van der Waals surface area contributed by atoms with E-state index < -0.39 is 11.6 Å². The minimum absolute atomic E-state index is 0.162. The molecule has 0 saturated carbocycles. The van der Waals surface area contributed by atoms with E-state index in [0.717, 1.165) is 12.1 Å². The highest BCUT2D eigenvalue weighted by molar-refractivity contribution is 5.32. The van der Waals surface area contributed by atoms with Gasteiger partial charge < -0.3 is 4.74 Å². The van der Waals surface area contributed by atoms with Gasteiger partial charge in [-0.25, -0.2) is 13.8 Å². The van der Waals surface area contributed by atoms with Crippen LogP contribution in [0.15, 0.2) is 36.5 Å². The summed E-state index contributed by atoms with van der Waals surface area (Å²) >= 11 is 0. The molecule has 0 bridgehead atoms. The van der Waals surface area contributed by atoms with Gasteiger partial charge in [-0.15, -0.1) is 0 Å². The maximum Gasteiger partial charge on any atom is 0.162 e. The van der Waals surface area contributed by atoms with Crippen molar-refractivity contribution in [1.82, 2.24) is 4.98 Å². The molecule has 84 valence electrons. The molecule has 0 aliphatic carbocycles. The first-order chi connectivity index (χ1) is 8.19. The number of aromatic nitrogens is 1. The second-order valence-electron chi connectivity index (χ2n) is 3.17. The highest BCUT2D eigenvalue weighted by atomic mass is 19.2. The molecule has 2 aromatic rings. The van der Waals surface area contributed by atoms with Gasteiger partial charge >= 0.3 is 0 Å². The topological polar surface area (TPSA) is 45.9 Å². The number of ether oxygens (including phenoxy) is 1. The normalized spacial score (nSPS) is 9.71. The Morgan fingerprint density at radius 1 is 1.06 bits per heavy atom. The average molecular weight is 232 g/mol. The SMILES string of the molecule is N#Cc1ccc(Oc2ccc(F)c(F)c2)cn1. The van der Waals surface area contributed by atoms with Crippen molar-refractivity contribution in [2.24, 2.45) is 0 Å². The van der Waals surface area contributed by atoms with Crippen molar-refractivity contribution in [3.05, 3.63) is 53.9 Å². The molecule has 0 aliphatic heterocycles. The molecule has 0 aliphatic rings. The summed E-state index contributed by atoms with van der Waals surface area (Å²) in [5.74, 6) is -1.41. The van der Waals surface area contributed by atoms with Crippen molar-refractivity contribution < 1.29 is 13.5 Å². The Labute approximate surface area is 95.9 Å². The smallest absolute Gasteiger partial charge is 0.162 e. The standard InChI is InChI=1S/C12H6F2N2O/c13-11-4-3-9(5-12(11)14)17-10-2-1-8(6-15)16-7-10/h1-5,7H. The van der Waals surface area contributed by atoms with Crippen LogP contribution >= 0.6 is 0 Å². The van der Waals surface area contributed by atoms with Crippen LogP contribution in [-0.4, -0.2) is 4.98 Å². The molecule has 0 N–H and O–H groups in total. The number of halogens is 2. The second-order valence-corrected chi connectivity index (χ2v) is 3.17. The van der Waals surface area contributed by atoms with Crippen LogP contribution in [0.4, 0.5) is 8.78 Å². The Kier molecular flexibility index (Phi) is 2.97. The molecule has 0 atom stereocenters. The lowest BCUT2D eigenvalue weighted by Crippen LogP contribution is -1.89. The first-order valence-corrected chi connectivity index (χ1v) is 4.68. The van der Waals surface area contributed by atoms with Crippen LogP contribution in [0.1, 0.15) is 5.69 Å². The first-order valence-electron chi connectivity index (χ1n) is 4.68. The molecule has 1 heterocycles. The van der Waals surface area contributed by atoms with E-state index in [4.69, 9.17) is 10.00 Å². The zero-order valence-electron chi connectivity index (χ0n) is 8.52. The molecule has 5 heteroatoms. The summed E-state index contributed by atoms with van der Waals surface area (Å²) in [6, 6.07) is 8.06. The maximum absolute atomic E-state index is 12.9. The fourth-order valence-corrected chi connectivity index (χ4v) is 1.18. The van der Waals surface area contributed by atoms with Gasteiger partial charge in [0.2, 0.25) is 0 Å². The summed E-state index contributed by atoms with van der Waals surface area (Å²) in [7, 11) is 0. The third kappa shape index (κ3) is 2.55. The zero-order chi connectivity index (χ0) is 12.3. The predicted octanol–water partition coefficient (Wildman–Crippen LogP) is 3.02. The van der Waals surface area contributed by atoms with Gasteiger partial charge in [-0.3, -0.25) is 0 Å². The van der Waals surface area contributed by atoms with Crippen LogP contribution in [0.25, 0.3) is 0 Å². The molecular weight excluding hydrogens is 226 g/mol. The van der Waals surface area contributed by atoms with E-state index in [-0.39, 0.29) is 11.4 Å². The molecule has 0 fully saturated rings. The van der Waals surface area contributed by atoms with E-state index in [0.29, 0.717) is 5.75 Å². The van der Waals surface area contributed by atoms with Crippen LogP contribution in [0.2, 0.25) is 0 Å². The van der Waals surface area contributed by atoms with E-state index in [9.17, 15) is 8.78 Å². The van der Waals surface area contributed by atoms with E-state index >= 15 is 0 Å². The lowest BCUT2D eigenvalue weighted by molar-refractivity contribution is 0.460. The summed E-state index contributed by atoms with van der Waals surface area (Å²) in [5.41, 5.74) is 0.252. The lowest BCUT2D eigenvalue weighted by Gasteiger charge is -2.05. The van der Waals surface area contributed by atoms with Crippen molar-refractivity contribution in [1.29, 1.82) is 5.26 Å². The maximum atomic E-state index is 12.9. The lowest BCUT2D eigenvalue weighted by atomic mass is 10.3. The van der Waals surface area contributed by atoms with Gasteiger partial charge in [0.05, 0.1) is 6.20 Å². The molecule has 0 amide bonds. The van der Waals surface area contributed by atoms with E-state index in [2.05, 4.69) is 4.98 Å². The average Bonchev–Trinajstić information content (AvgIpc) is 2.35. The monoisotopic (exact) mass is 232 g/mol. The van der Waals surface area contributed by atoms with Crippen molar-refractivity contribution in [2.75, 3.05) is 0 Å². The van der Waals surface area contributed by atoms with Gasteiger partial charge in [0.25, 0.3) is 0 Å².